The van der Waals surface area contributed by atoms with Crippen LogP contribution in [0.25, 0.3) is 0 Å². The summed E-state index contributed by atoms with van der Waals surface area (Å²) in [6.45, 7) is 0. The minimum Gasteiger partial charge on any atom is -0.478 e. The third-order valence-electron chi connectivity index (χ3n) is 2.42. The number of aromatic carboxylic acids is 1. The number of pyridine rings is 1. The van der Waals surface area contributed by atoms with Crippen LogP contribution in [-0.2, 0) is 0 Å². The molecule has 0 atom stereocenters. The molecule has 5 nitrogen and oxygen atoms in total. The lowest BCUT2D eigenvalue weighted by atomic mass is 10.2. The van der Waals surface area contributed by atoms with Crippen molar-refractivity contribution < 1.29 is 14.7 Å². The van der Waals surface area contributed by atoms with E-state index in [1.54, 1.807) is 0 Å². The minimum absolute atomic E-state index is 0.0231. The first kappa shape index (κ1) is 14.3. The number of aromatic nitrogens is 1. The molecule has 2 N–H and O–H groups in total. The molecule has 0 radical (unpaired) electrons. The first-order valence-corrected chi connectivity index (χ1v) is 6.17. The molecular weight excluding hydrogens is 303 g/mol. The van der Waals surface area contributed by atoms with Crippen LogP contribution in [0.2, 0.25) is 10.0 Å². The van der Waals surface area contributed by atoms with E-state index in [-0.39, 0.29) is 26.9 Å². The lowest BCUT2D eigenvalue weighted by Crippen LogP contribution is -2.13. The third kappa shape index (κ3) is 3.26. The van der Waals surface area contributed by atoms with Crippen molar-refractivity contribution in [2.75, 3.05) is 5.32 Å². The van der Waals surface area contributed by atoms with E-state index in [0.717, 1.165) is 0 Å². The predicted octanol–water partition coefficient (Wildman–Crippen LogP) is 3.34. The van der Waals surface area contributed by atoms with Gasteiger partial charge in [-0.3, -0.25) is 9.78 Å². The quantitative estimate of drug-likeness (QED) is 0.911. The molecule has 0 saturated heterocycles. The lowest BCUT2D eigenvalue weighted by molar-refractivity contribution is 0.0696. The molecule has 0 spiro atoms. The van der Waals surface area contributed by atoms with Crippen molar-refractivity contribution in [3.8, 4) is 0 Å². The molecule has 0 aliphatic heterocycles. The van der Waals surface area contributed by atoms with E-state index in [1.807, 2.05) is 0 Å². The summed E-state index contributed by atoms with van der Waals surface area (Å²) in [4.78, 5) is 26.7. The zero-order chi connectivity index (χ0) is 14.7. The number of carboxylic acid groups (broad SMARTS) is 1. The van der Waals surface area contributed by atoms with Crippen molar-refractivity contribution >= 4 is 40.8 Å². The van der Waals surface area contributed by atoms with Gasteiger partial charge in [0.05, 0.1) is 16.1 Å². The fraction of sp³-hybridized carbons (Fsp3) is 0. The second-order valence-corrected chi connectivity index (χ2v) is 4.69. The smallest absolute Gasteiger partial charge is 0.335 e. The minimum atomic E-state index is -1.14. The number of nitrogens with one attached hydrogen (secondary N) is 1. The van der Waals surface area contributed by atoms with Crippen LogP contribution in [0.4, 0.5) is 5.69 Å². The standard InChI is InChI=1S/C13H8Cl2N2O3/c14-8-3-7(13(19)20)4-9(5-8)17-12(18)10-6-16-2-1-11(10)15/h1-6H,(H,17,18)(H,19,20). The highest BCUT2D eigenvalue weighted by molar-refractivity contribution is 6.34. The molecule has 2 rings (SSSR count). The van der Waals surface area contributed by atoms with Gasteiger partial charge in [-0.05, 0) is 24.3 Å². The average Bonchev–Trinajstić information content (AvgIpc) is 2.38. The SMILES string of the molecule is O=C(O)c1cc(Cl)cc(NC(=O)c2cnccc2Cl)c1. The molecule has 1 amide bonds. The number of carbonyl (C=O) groups excluding carboxylic acids is 1. The number of amides is 1. The van der Waals surface area contributed by atoms with Gasteiger partial charge in [0.25, 0.3) is 5.91 Å². The Balaban J connectivity index is 2.28. The molecule has 0 fully saturated rings. The number of hydrogen-bond acceptors (Lipinski definition) is 3. The number of nitrogens with zero attached hydrogens (tertiary/aromatic N) is 1. The maximum absolute atomic E-state index is 12.0. The highest BCUT2D eigenvalue weighted by Crippen LogP contribution is 2.21. The van der Waals surface area contributed by atoms with Crippen molar-refractivity contribution in [3.63, 3.8) is 0 Å². The number of rotatable bonds is 3. The number of carbonyl (C=O) groups is 2. The van der Waals surface area contributed by atoms with Gasteiger partial charge in [-0.2, -0.15) is 0 Å². The molecule has 1 aromatic heterocycles. The number of carboxylic acids is 1. The van der Waals surface area contributed by atoms with Crippen molar-refractivity contribution in [2.45, 2.75) is 0 Å². The number of benzene rings is 1. The molecule has 0 saturated carbocycles. The summed E-state index contributed by atoms with van der Waals surface area (Å²) < 4.78 is 0. The predicted molar refractivity (Wildman–Crippen MR) is 75.6 cm³/mol. The summed E-state index contributed by atoms with van der Waals surface area (Å²) in [5.41, 5.74) is 0.427. The van der Waals surface area contributed by atoms with E-state index < -0.39 is 11.9 Å². The molecule has 2 aromatic rings. The summed E-state index contributed by atoms with van der Waals surface area (Å²) in [5.74, 6) is -1.64. The number of halogens is 2. The van der Waals surface area contributed by atoms with Crippen LogP contribution in [0.1, 0.15) is 20.7 Å². The molecule has 7 heteroatoms. The van der Waals surface area contributed by atoms with Crippen molar-refractivity contribution in [2.24, 2.45) is 0 Å². The third-order valence-corrected chi connectivity index (χ3v) is 2.96. The van der Waals surface area contributed by atoms with Gasteiger partial charge in [-0.25, -0.2) is 4.79 Å². The number of anilines is 1. The molecule has 0 aliphatic rings. The molecule has 0 unspecified atom stereocenters. The fourth-order valence-corrected chi connectivity index (χ4v) is 1.95. The van der Waals surface area contributed by atoms with Gasteiger partial charge in [0.1, 0.15) is 0 Å². The topological polar surface area (TPSA) is 79.3 Å². The van der Waals surface area contributed by atoms with E-state index in [1.165, 1.54) is 36.7 Å². The molecule has 20 heavy (non-hydrogen) atoms. The summed E-state index contributed by atoms with van der Waals surface area (Å²) in [6.07, 6.45) is 2.78. The maximum atomic E-state index is 12.0. The zero-order valence-corrected chi connectivity index (χ0v) is 11.4. The van der Waals surface area contributed by atoms with Gasteiger partial charge in [0, 0.05) is 23.1 Å². The Labute approximate surface area is 124 Å². The molecule has 0 bridgehead atoms. The van der Waals surface area contributed by atoms with Gasteiger partial charge in [0.15, 0.2) is 0 Å². The van der Waals surface area contributed by atoms with E-state index in [4.69, 9.17) is 28.3 Å². The lowest BCUT2D eigenvalue weighted by Gasteiger charge is -2.07. The van der Waals surface area contributed by atoms with Crippen molar-refractivity contribution in [1.29, 1.82) is 0 Å². The van der Waals surface area contributed by atoms with Gasteiger partial charge in [0.2, 0.25) is 0 Å². The Bertz CT molecular complexity index is 689. The monoisotopic (exact) mass is 310 g/mol. The van der Waals surface area contributed by atoms with E-state index >= 15 is 0 Å². The summed E-state index contributed by atoms with van der Waals surface area (Å²) >= 11 is 11.7. The Kier molecular flexibility index (Phi) is 4.22. The first-order chi connectivity index (χ1) is 9.47. The van der Waals surface area contributed by atoms with Crippen LogP contribution in [0.5, 0.6) is 0 Å². The normalized spacial score (nSPS) is 10.1. The van der Waals surface area contributed by atoms with Gasteiger partial charge in [-0.1, -0.05) is 23.2 Å². The Morgan fingerprint density at radius 2 is 1.95 bits per heavy atom. The van der Waals surface area contributed by atoms with Crippen LogP contribution >= 0.6 is 23.2 Å². The van der Waals surface area contributed by atoms with Crippen molar-refractivity contribution in [3.05, 3.63) is 57.8 Å². The summed E-state index contributed by atoms with van der Waals surface area (Å²) in [6, 6.07) is 5.51. The summed E-state index contributed by atoms with van der Waals surface area (Å²) in [5, 5.41) is 11.9. The first-order valence-electron chi connectivity index (χ1n) is 5.42. The van der Waals surface area contributed by atoms with Gasteiger partial charge < -0.3 is 10.4 Å². The Hall–Kier alpha value is -2.11. The van der Waals surface area contributed by atoms with Crippen LogP contribution in [0, 0.1) is 0 Å². The van der Waals surface area contributed by atoms with E-state index in [2.05, 4.69) is 10.3 Å². The molecular formula is C13H8Cl2N2O3. The van der Waals surface area contributed by atoms with E-state index in [9.17, 15) is 9.59 Å². The Morgan fingerprint density at radius 3 is 2.60 bits per heavy atom. The van der Waals surface area contributed by atoms with Crippen LogP contribution in [-0.4, -0.2) is 22.0 Å². The van der Waals surface area contributed by atoms with Crippen LogP contribution in [0.3, 0.4) is 0 Å². The van der Waals surface area contributed by atoms with Crippen LogP contribution in [0.15, 0.2) is 36.7 Å². The second kappa shape index (κ2) is 5.90. The largest absolute Gasteiger partial charge is 0.478 e. The average molecular weight is 311 g/mol. The number of hydrogen-bond donors (Lipinski definition) is 2. The Morgan fingerprint density at radius 1 is 1.20 bits per heavy atom. The maximum Gasteiger partial charge on any atom is 0.335 e. The van der Waals surface area contributed by atoms with Crippen LogP contribution < -0.4 is 5.32 Å². The zero-order valence-electron chi connectivity index (χ0n) is 9.93. The van der Waals surface area contributed by atoms with E-state index in [0.29, 0.717) is 0 Å². The highest BCUT2D eigenvalue weighted by Gasteiger charge is 2.12. The van der Waals surface area contributed by atoms with Crippen molar-refractivity contribution in [1.82, 2.24) is 4.98 Å². The molecule has 102 valence electrons. The fourth-order valence-electron chi connectivity index (χ4n) is 1.53. The second-order valence-electron chi connectivity index (χ2n) is 3.84. The van der Waals surface area contributed by atoms with Gasteiger partial charge >= 0.3 is 5.97 Å². The molecule has 1 aromatic carbocycles. The summed E-state index contributed by atoms with van der Waals surface area (Å²) in [7, 11) is 0. The van der Waals surface area contributed by atoms with Gasteiger partial charge in [-0.15, -0.1) is 0 Å². The molecule has 0 aliphatic carbocycles. The highest BCUT2D eigenvalue weighted by atomic mass is 35.5. The molecule has 1 heterocycles.